The molecule has 6 nitrogen and oxygen atoms in total. The Kier molecular flexibility index (Phi) is 4.89. The molecular formula is C14H13NO5S. The van der Waals surface area contributed by atoms with Crippen LogP contribution in [0.4, 0.5) is 5.69 Å². The first-order valence-corrected chi connectivity index (χ1v) is 7.01. The van der Waals surface area contributed by atoms with Gasteiger partial charge in [-0.25, -0.2) is 4.79 Å². The van der Waals surface area contributed by atoms with Crippen molar-refractivity contribution in [2.45, 2.75) is 6.42 Å². The van der Waals surface area contributed by atoms with Gasteiger partial charge in [0.1, 0.15) is 0 Å². The van der Waals surface area contributed by atoms with Gasteiger partial charge in [-0.1, -0.05) is 6.07 Å². The average Bonchev–Trinajstić information content (AvgIpc) is 2.99. The second-order valence-electron chi connectivity index (χ2n) is 4.11. The number of nitrogens with zero attached hydrogens (tertiary/aromatic N) is 1. The first-order chi connectivity index (χ1) is 10.1. The lowest BCUT2D eigenvalue weighted by Crippen LogP contribution is -2.06. The van der Waals surface area contributed by atoms with E-state index in [1.54, 1.807) is 11.3 Å². The highest BCUT2D eigenvalue weighted by atomic mass is 32.1. The third-order valence-corrected chi connectivity index (χ3v) is 3.70. The summed E-state index contributed by atoms with van der Waals surface area (Å²) >= 11 is 1.59. The van der Waals surface area contributed by atoms with E-state index in [9.17, 15) is 14.9 Å². The minimum absolute atomic E-state index is 0.0689. The van der Waals surface area contributed by atoms with Crippen molar-refractivity contribution < 1.29 is 19.2 Å². The molecule has 0 aliphatic heterocycles. The van der Waals surface area contributed by atoms with Crippen LogP contribution in [0.3, 0.4) is 0 Å². The zero-order valence-electron chi connectivity index (χ0n) is 11.3. The number of thiophene rings is 1. The van der Waals surface area contributed by atoms with Crippen LogP contribution in [0, 0.1) is 10.1 Å². The summed E-state index contributed by atoms with van der Waals surface area (Å²) in [6, 6.07) is 7.81. The van der Waals surface area contributed by atoms with E-state index in [4.69, 9.17) is 4.74 Å². The Morgan fingerprint density at radius 1 is 1.38 bits per heavy atom. The molecule has 110 valence electrons. The molecule has 0 amide bonds. The van der Waals surface area contributed by atoms with Crippen LogP contribution >= 0.6 is 11.3 Å². The molecule has 0 bridgehead atoms. The topological polar surface area (TPSA) is 78.7 Å². The number of carbonyl (C=O) groups is 1. The molecule has 1 aromatic carbocycles. The Morgan fingerprint density at radius 3 is 2.81 bits per heavy atom. The minimum Gasteiger partial charge on any atom is -0.486 e. The minimum atomic E-state index is -0.562. The molecule has 2 aromatic rings. The van der Waals surface area contributed by atoms with Crippen LogP contribution < -0.4 is 4.74 Å². The highest BCUT2D eigenvalue weighted by molar-refractivity contribution is 7.09. The van der Waals surface area contributed by atoms with Crippen LogP contribution in [0.1, 0.15) is 15.2 Å². The van der Waals surface area contributed by atoms with Gasteiger partial charge in [-0.05, 0) is 17.5 Å². The predicted molar refractivity (Wildman–Crippen MR) is 78.0 cm³/mol. The molecule has 2 rings (SSSR count). The smallest absolute Gasteiger partial charge is 0.337 e. The van der Waals surface area contributed by atoms with Crippen LogP contribution in [0.25, 0.3) is 0 Å². The fourth-order valence-electron chi connectivity index (χ4n) is 1.74. The van der Waals surface area contributed by atoms with Gasteiger partial charge >= 0.3 is 11.7 Å². The van der Waals surface area contributed by atoms with E-state index in [-0.39, 0.29) is 17.0 Å². The van der Waals surface area contributed by atoms with E-state index in [0.29, 0.717) is 13.0 Å². The zero-order valence-corrected chi connectivity index (χ0v) is 12.1. The molecule has 0 unspecified atom stereocenters. The molecule has 0 saturated heterocycles. The van der Waals surface area contributed by atoms with Gasteiger partial charge in [-0.15, -0.1) is 11.3 Å². The third kappa shape index (κ3) is 3.79. The molecule has 0 aliphatic rings. The Balaban J connectivity index is 2.14. The third-order valence-electron chi connectivity index (χ3n) is 2.76. The van der Waals surface area contributed by atoms with E-state index in [0.717, 1.165) is 4.88 Å². The Bertz CT molecular complexity index is 639. The average molecular weight is 307 g/mol. The first-order valence-electron chi connectivity index (χ1n) is 6.13. The number of carbonyl (C=O) groups excluding carboxylic acids is 1. The number of nitro benzene ring substituents is 1. The Hall–Kier alpha value is -2.41. The number of nitro groups is 1. The van der Waals surface area contributed by atoms with Crippen molar-refractivity contribution >= 4 is 23.0 Å². The lowest BCUT2D eigenvalue weighted by molar-refractivity contribution is -0.385. The number of esters is 1. The first kappa shape index (κ1) is 15.0. The Morgan fingerprint density at radius 2 is 2.19 bits per heavy atom. The van der Waals surface area contributed by atoms with Gasteiger partial charge in [0.15, 0.2) is 5.75 Å². The van der Waals surface area contributed by atoms with Crippen molar-refractivity contribution in [2.24, 2.45) is 0 Å². The number of hydrogen-bond acceptors (Lipinski definition) is 6. The van der Waals surface area contributed by atoms with Crippen molar-refractivity contribution in [3.8, 4) is 5.75 Å². The fourth-order valence-corrected chi connectivity index (χ4v) is 2.43. The lowest BCUT2D eigenvalue weighted by atomic mass is 10.2. The summed E-state index contributed by atoms with van der Waals surface area (Å²) in [4.78, 5) is 23.0. The van der Waals surface area contributed by atoms with Crippen molar-refractivity contribution in [2.75, 3.05) is 13.7 Å². The summed E-state index contributed by atoms with van der Waals surface area (Å²) in [5.74, 6) is -0.493. The van der Waals surface area contributed by atoms with E-state index in [2.05, 4.69) is 4.74 Å². The number of benzene rings is 1. The molecule has 1 heterocycles. The molecule has 1 aromatic heterocycles. The predicted octanol–water partition coefficient (Wildman–Crippen LogP) is 3.06. The molecule has 0 fully saturated rings. The van der Waals surface area contributed by atoms with E-state index in [1.807, 2.05) is 17.5 Å². The molecule has 7 heteroatoms. The normalized spacial score (nSPS) is 10.1. The second kappa shape index (κ2) is 6.85. The summed E-state index contributed by atoms with van der Waals surface area (Å²) in [6.07, 6.45) is 0.650. The number of rotatable bonds is 6. The zero-order chi connectivity index (χ0) is 15.2. The molecule has 0 atom stereocenters. The molecule has 0 saturated carbocycles. The number of hydrogen-bond donors (Lipinski definition) is 0. The maximum absolute atomic E-state index is 11.5. The van der Waals surface area contributed by atoms with Crippen LogP contribution in [0.5, 0.6) is 5.75 Å². The molecule has 0 N–H and O–H groups in total. The highest BCUT2D eigenvalue weighted by Crippen LogP contribution is 2.28. The lowest BCUT2D eigenvalue weighted by Gasteiger charge is -2.07. The van der Waals surface area contributed by atoms with Gasteiger partial charge in [0, 0.05) is 23.4 Å². The van der Waals surface area contributed by atoms with Crippen molar-refractivity contribution in [1.29, 1.82) is 0 Å². The summed E-state index contributed by atoms with van der Waals surface area (Å²) < 4.78 is 10.1. The SMILES string of the molecule is COC(=O)c1ccc([N+](=O)[O-])c(OCCc2cccs2)c1. The summed E-state index contributed by atoms with van der Waals surface area (Å²) in [6.45, 7) is 0.298. The van der Waals surface area contributed by atoms with E-state index >= 15 is 0 Å². The van der Waals surface area contributed by atoms with Crippen LogP contribution in [0.15, 0.2) is 35.7 Å². The largest absolute Gasteiger partial charge is 0.486 e. The molecule has 0 spiro atoms. The van der Waals surface area contributed by atoms with Crippen LogP contribution in [-0.2, 0) is 11.2 Å². The number of methoxy groups -OCH3 is 1. The van der Waals surface area contributed by atoms with Crippen molar-refractivity contribution in [3.05, 3.63) is 56.3 Å². The van der Waals surface area contributed by atoms with Crippen LogP contribution in [-0.4, -0.2) is 24.6 Å². The molecule has 0 radical (unpaired) electrons. The summed E-state index contributed by atoms with van der Waals surface area (Å²) in [7, 11) is 1.25. The van der Waals surface area contributed by atoms with Gasteiger partial charge in [-0.2, -0.15) is 0 Å². The van der Waals surface area contributed by atoms with Gasteiger partial charge in [0.2, 0.25) is 0 Å². The molecular weight excluding hydrogens is 294 g/mol. The van der Waals surface area contributed by atoms with Crippen molar-refractivity contribution in [3.63, 3.8) is 0 Å². The fraction of sp³-hybridized carbons (Fsp3) is 0.214. The molecule has 0 aliphatic carbocycles. The maximum atomic E-state index is 11.5. The molecule has 21 heavy (non-hydrogen) atoms. The van der Waals surface area contributed by atoms with E-state index < -0.39 is 10.9 Å². The Labute approximate surface area is 125 Å². The highest BCUT2D eigenvalue weighted by Gasteiger charge is 2.18. The van der Waals surface area contributed by atoms with E-state index in [1.165, 1.54) is 25.3 Å². The maximum Gasteiger partial charge on any atom is 0.337 e. The van der Waals surface area contributed by atoms with Gasteiger partial charge in [0.05, 0.1) is 24.2 Å². The standard InChI is InChI=1S/C14H13NO5S/c1-19-14(16)10-4-5-12(15(17)18)13(9-10)20-7-6-11-3-2-8-21-11/h2-5,8-9H,6-7H2,1H3. The van der Waals surface area contributed by atoms with Crippen LogP contribution in [0.2, 0.25) is 0 Å². The summed E-state index contributed by atoms with van der Waals surface area (Å²) in [5, 5.41) is 12.9. The monoisotopic (exact) mass is 307 g/mol. The van der Waals surface area contributed by atoms with Crippen molar-refractivity contribution in [1.82, 2.24) is 0 Å². The quantitative estimate of drug-likeness (QED) is 0.465. The summed E-state index contributed by atoms with van der Waals surface area (Å²) in [5.41, 5.74) is 0.0445. The van der Waals surface area contributed by atoms with Gasteiger partial charge in [-0.3, -0.25) is 10.1 Å². The second-order valence-corrected chi connectivity index (χ2v) is 5.14. The number of ether oxygens (including phenoxy) is 2. The van der Waals surface area contributed by atoms with Gasteiger partial charge in [0.25, 0.3) is 0 Å². The van der Waals surface area contributed by atoms with Gasteiger partial charge < -0.3 is 9.47 Å².